The van der Waals surface area contributed by atoms with Gasteiger partial charge in [-0.25, -0.2) is 0 Å². The summed E-state index contributed by atoms with van der Waals surface area (Å²) < 4.78 is 5.62. The third kappa shape index (κ3) is 4.42. The fourth-order valence-electron chi connectivity index (χ4n) is 1.90. The standard InChI is InChI=1S/C17H21NO/c1-14-8-9-16(12-15(14)2)13-18-10-11-19-17-6-4-3-5-7-17/h3-9,12,18H,10-11,13H2,1-2H3. The van der Waals surface area contributed by atoms with Crippen LogP contribution in [-0.4, -0.2) is 13.2 Å². The number of aryl methyl sites for hydroxylation is 2. The molecule has 0 radical (unpaired) electrons. The molecular formula is C17H21NO. The molecule has 0 heterocycles. The minimum atomic E-state index is 0.689. The number of benzene rings is 2. The number of hydrogen-bond donors (Lipinski definition) is 1. The molecule has 2 aromatic carbocycles. The Balaban J connectivity index is 1.68. The van der Waals surface area contributed by atoms with Crippen molar-refractivity contribution >= 4 is 0 Å². The van der Waals surface area contributed by atoms with Crippen molar-refractivity contribution in [3.8, 4) is 5.75 Å². The Morgan fingerprint density at radius 3 is 2.47 bits per heavy atom. The predicted octanol–water partition coefficient (Wildman–Crippen LogP) is 3.47. The van der Waals surface area contributed by atoms with E-state index in [4.69, 9.17) is 4.74 Å². The first kappa shape index (κ1) is 13.6. The van der Waals surface area contributed by atoms with Crippen LogP contribution < -0.4 is 10.1 Å². The predicted molar refractivity (Wildman–Crippen MR) is 79.6 cm³/mol. The smallest absolute Gasteiger partial charge is 0.119 e. The zero-order valence-corrected chi connectivity index (χ0v) is 11.6. The average molecular weight is 255 g/mol. The monoisotopic (exact) mass is 255 g/mol. The van der Waals surface area contributed by atoms with Crippen LogP contribution in [0.1, 0.15) is 16.7 Å². The zero-order chi connectivity index (χ0) is 13.5. The Bertz CT molecular complexity index is 508. The Kier molecular flexibility index (Phi) is 4.99. The van der Waals surface area contributed by atoms with Crippen LogP contribution in [-0.2, 0) is 6.54 Å². The first-order valence-electron chi connectivity index (χ1n) is 6.70. The van der Waals surface area contributed by atoms with Gasteiger partial charge in [0, 0.05) is 13.1 Å². The molecule has 0 aromatic heterocycles. The number of rotatable bonds is 6. The largest absolute Gasteiger partial charge is 0.492 e. The van der Waals surface area contributed by atoms with Crippen molar-refractivity contribution in [2.75, 3.05) is 13.2 Å². The second kappa shape index (κ2) is 6.95. The summed E-state index contributed by atoms with van der Waals surface area (Å²) in [5.74, 6) is 0.926. The van der Waals surface area contributed by atoms with Crippen LogP contribution >= 0.6 is 0 Å². The lowest BCUT2D eigenvalue weighted by Gasteiger charge is -2.08. The maximum atomic E-state index is 5.62. The second-order valence-electron chi connectivity index (χ2n) is 4.76. The van der Waals surface area contributed by atoms with Gasteiger partial charge in [-0.05, 0) is 42.7 Å². The summed E-state index contributed by atoms with van der Waals surface area (Å²) in [5, 5.41) is 3.39. The second-order valence-corrected chi connectivity index (χ2v) is 4.76. The van der Waals surface area contributed by atoms with Gasteiger partial charge in [-0.2, -0.15) is 0 Å². The van der Waals surface area contributed by atoms with E-state index >= 15 is 0 Å². The van der Waals surface area contributed by atoms with Crippen molar-refractivity contribution in [1.82, 2.24) is 5.32 Å². The van der Waals surface area contributed by atoms with Gasteiger partial charge in [0.1, 0.15) is 12.4 Å². The Hall–Kier alpha value is -1.80. The topological polar surface area (TPSA) is 21.3 Å². The molecule has 1 N–H and O–H groups in total. The highest BCUT2D eigenvalue weighted by Gasteiger charge is 1.96. The fourth-order valence-corrected chi connectivity index (χ4v) is 1.90. The molecule has 0 saturated carbocycles. The molecule has 0 fully saturated rings. The number of nitrogens with one attached hydrogen (secondary N) is 1. The number of para-hydroxylation sites is 1. The average Bonchev–Trinajstić information content (AvgIpc) is 2.43. The SMILES string of the molecule is Cc1ccc(CNCCOc2ccccc2)cc1C. The van der Waals surface area contributed by atoms with Gasteiger partial charge in [-0.1, -0.05) is 36.4 Å². The Morgan fingerprint density at radius 2 is 1.74 bits per heavy atom. The van der Waals surface area contributed by atoms with Gasteiger partial charge in [0.15, 0.2) is 0 Å². The first-order chi connectivity index (χ1) is 9.25. The maximum Gasteiger partial charge on any atom is 0.119 e. The summed E-state index contributed by atoms with van der Waals surface area (Å²) in [7, 11) is 0. The lowest BCUT2D eigenvalue weighted by atomic mass is 10.1. The Morgan fingerprint density at radius 1 is 0.947 bits per heavy atom. The molecule has 0 aliphatic rings. The summed E-state index contributed by atoms with van der Waals surface area (Å²) in [6.45, 7) is 6.72. The summed E-state index contributed by atoms with van der Waals surface area (Å²) in [4.78, 5) is 0. The highest BCUT2D eigenvalue weighted by Crippen LogP contribution is 2.09. The van der Waals surface area contributed by atoms with Crippen LogP contribution in [0.15, 0.2) is 48.5 Å². The van der Waals surface area contributed by atoms with Gasteiger partial charge in [0.25, 0.3) is 0 Å². The van der Waals surface area contributed by atoms with Gasteiger partial charge >= 0.3 is 0 Å². The zero-order valence-electron chi connectivity index (χ0n) is 11.6. The van der Waals surface area contributed by atoms with Crippen LogP contribution in [0.25, 0.3) is 0 Å². The number of ether oxygens (including phenoxy) is 1. The van der Waals surface area contributed by atoms with E-state index in [2.05, 4.69) is 37.4 Å². The van der Waals surface area contributed by atoms with Gasteiger partial charge in [0.2, 0.25) is 0 Å². The van der Waals surface area contributed by atoms with E-state index in [-0.39, 0.29) is 0 Å². The van der Waals surface area contributed by atoms with E-state index in [1.54, 1.807) is 0 Å². The van der Waals surface area contributed by atoms with Gasteiger partial charge in [0.05, 0.1) is 0 Å². The van der Waals surface area contributed by atoms with Crippen LogP contribution in [0.5, 0.6) is 5.75 Å². The minimum Gasteiger partial charge on any atom is -0.492 e. The van der Waals surface area contributed by atoms with E-state index in [1.165, 1.54) is 16.7 Å². The third-order valence-electron chi connectivity index (χ3n) is 3.19. The normalized spacial score (nSPS) is 10.4. The van der Waals surface area contributed by atoms with Crippen molar-refractivity contribution in [2.45, 2.75) is 20.4 Å². The molecule has 19 heavy (non-hydrogen) atoms. The molecule has 0 atom stereocenters. The van der Waals surface area contributed by atoms with Crippen molar-refractivity contribution in [1.29, 1.82) is 0 Å². The maximum absolute atomic E-state index is 5.62. The van der Waals surface area contributed by atoms with Crippen LogP contribution in [0.3, 0.4) is 0 Å². The Labute approximate surface area is 115 Å². The molecule has 0 aliphatic heterocycles. The summed E-state index contributed by atoms with van der Waals surface area (Å²) in [6, 6.07) is 16.5. The molecule has 0 amide bonds. The molecule has 100 valence electrons. The van der Waals surface area contributed by atoms with E-state index in [9.17, 15) is 0 Å². The van der Waals surface area contributed by atoms with E-state index < -0.39 is 0 Å². The fraction of sp³-hybridized carbons (Fsp3) is 0.294. The van der Waals surface area contributed by atoms with Crippen molar-refractivity contribution in [3.05, 3.63) is 65.2 Å². The lowest BCUT2D eigenvalue weighted by Crippen LogP contribution is -2.20. The van der Waals surface area contributed by atoms with E-state index in [1.807, 2.05) is 30.3 Å². The molecule has 0 bridgehead atoms. The van der Waals surface area contributed by atoms with Gasteiger partial charge in [-0.15, -0.1) is 0 Å². The highest BCUT2D eigenvalue weighted by atomic mass is 16.5. The van der Waals surface area contributed by atoms with E-state index in [0.29, 0.717) is 6.61 Å². The summed E-state index contributed by atoms with van der Waals surface area (Å²) in [6.07, 6.45) is 0. The van der Waals surface area contributed by atoms with Gasteiger partial charge in [-0.3, -0.25) is 0 Å². The molecule has 0 spiro atoms. The number of hydrogen-bond acceptors (Lipinski definition) is 2. The summed E-state index contributed by atoms with van der Waals surface area (Å²) in [5.41, 5.74) is 4.01. The molecule has 2 heteroatoms. The van der Waals surface area contributed by atoms with Crippen LogP contribution in [0, 0.1) is 13.8 Å². The molecule has 0 unspecified atom stereocenters. The molecule has 2 aromatic rings. The van der Waals surface area contributed by atoms with Crippen LogP contribution in [0.4, 0.5) is 0 Å². The summed E-state index contributed by atoms with van der Waals surface area (Å²) >= 11 is 0. The molecule has 0 saturated heterocycles. The van der Waals surface area contributed by atoms with Gasteiger partial charge < -0.3 is 10.1 Å². The molecular weight excluding hydrogens is 234 g/mol. The van der Waals surface area contributed by atoms with E-state index in [0.717, 1.165) is 18.8 Å². The minimum absolute atomic E-state index is 0.689. The molecule has 2 nitrogen and oxygen atoms in total. The molecule has 0 aliphatic carbocycles. The van der Waals surface area contributed by atoms with Crippen LogP contribution in [0.2, 0.25) is 0 Å². The quantitative estimate of drug-likeness (QED) is 0.798. The first-order valence-corrected chi connectivity index (χ1v) is 6.70. The third-order valence-corrected chi connectivity index (χ3v) is 3.19. The molecule has 2 rings (SSSR count). The van der Waals surface area contributed by atoms with Crippen molar-refractivity contribution < 1.29 is 4.74 Å². The van der Waals surface area contributed by atoms with Crippen molar-refractivity contribution in [3.63, 3.8) is 0 Å². The highest BCUT2D eigenvalue weighted by molar-refractivity contribution is 5.29. The lowest BCUT2D eigenvalue weighted by molar-refractivity contribution is 0.313. The van der Waals surface area contributed by atoms with Crippen molar-refractivity contribution in [2.24, 2.45) is 0 Å².